The molecule has 0 radical (unpaired) electrons. The molecule has 1 heterocycles. The van der Waals surface area contributed by atoms with E-state index in [1.54, 1.807) is 11.8 Å². The Kier molecular flexibility index (Phi) is 3.96. The number of fused-ring (bicyclic) bond motifs is 1. The second-order valence-electron chi connectivity index (χ2n) is 4.44. The fraction of sp³-hybridized carbons (Fsp3) is 0.133. The Morgan fingerprint density at radius 2 is 2.10 bits per heavy atom. The number of hydrogen-bond acceptors (Lipinski definition) is 3. The maximum atomic E-state index is 6.06. The minimum Gasteiger partial charge on any atom is -0.333 e. The predicted octanol–water partition coefficient (Wildman–Crippen LogP) is 4.09. The number of nitrogens with one attached hydrogen (secondary N) is 2. The van der Waals surface area contributed by atoms with Crippen molar-refractivity contribution >= 4 is 34.4 Å². The third-order valence-electron chi connectivity index (χ3n) is 2.96. The highest BCUT2D eigenvalue weighted by Gasteiger charge is 2.08. The summed E-state index contributed by atoms with van der Waals surface area (Å²) in [5, 5.41) is 4.81. The molecule has 0 aliphatic rings. The Balaban J connectivity index is 1.93. The molecule has 1 aromatic heterocycles. The van der Waals surface area contributed by atoms with Gasteiger partial charge in [0.1, 0.15) is 0 Å². The summed E-state index contributed by atoms with van der Waals surface area (Å²) < 4.78 is 0. The van der Waals surface area contributed by atoms with Crippen molar-refractivity contribution in [3.05, 3.63) is 53.1 Å². The van der Waals surface area contributed by atoms with E-state index in [0.29, 0.717) is 0 Å². The second kappa shape index (κ2) is 5.87. The van der Waals surface area contributed by atoms with Crippen LogP contribution in [0.5, 0.6) is 0 Å². The van der Waals surface area contributed by atoms with Gasteiger partial charge in [-0.3, -0.25) is 0 Å². The smallest absolute Gasteiger partial charge is 0.171 e. The molecular weight excluding hydrogens is 290 g/mol. The average molecular weight is 304 g/mol. The van der Waals surface area contributed by atoms with Crippen LogP contribution in [-0.4, -0.2) is 17.0 Å². The van der Waals surface area contributed by atoms with E-state index in [-0.39, 0.29) is 0 Å². The number of aromatic amines is 1. The lowest BCUT2D eigenvalue weighted by atomic mass is 10.2. The summed E-state index contributed by atoms with van der Waals surface area (Å²) in [7, 11) is 1.93. The zero-order valence-electron chi connectivity index (χ0n) is 11.0. The molecule has 2 N–H and O–H groups in total. The number of H-pyrrole nitrogens is 1. The summed E-state index contributed by atoms with van der Waals surface area (Å²) in [6.45, 7) is 0.781. The molecule has 0 aliphatic carbocycles. The van der Waals surface area contributed by atoms with Crippen molar-refractivity contribution in [2.24, 2.45) is 0 Å². The summed E-state index contributed by atoms with van der Waals surface area (Å²) >= 11 is 7.68. The lowest BCUT2D eigenvalue weighted by molar-refractivity contribution is 0.803. The van der Waals surface area contributed by atoms with Gasteiger partial charge in [-0.15, -0.1) is 0 Å². The topological polar surface area (TPSA) is 40.7 Å². The first kappa shape index (κ1) is 13.5. The van der Waals surface area contributed by atoms with Gasteiger partial charge >= 0.3 is 0 Å². The van der Waals surface area contributed by atoms with Gasteiger partial charge in [0.2, 0.25) is 0 Å². The summed E-state index contributed by atoms with van der Waals surface area (Å²) in [5.41, 5.74) is 3.21. The van der Waals surface area contributed by atoms with E-state index in [1.807, 2.05) is 49.5 Å². The lowest BCUT2D eigenvalue weighted by Gasteiger charge is -2.07. The normalized spacial score (nSPS) is 11.1. The predicted molar refractivity (Wildman–Crippen MR) is 84.4 cm³/mol. The lowest BCUT2D eigenvalue weighted by Crippen LogP contribution is -2.06. The van der Waals surface area contributed by atoms with Crippen LogP contribution in [0.3, 0.4) is 0 Å². The van der Waals surface area contributed by atoms with E-state index in [0.717, 1.165) is 32.7 Å². The Morgan fingerprint density at radius 3 is 2.90 bits per heavy atom. The van der Waals surface area contributed by atoms with Gasteiger partial charge in [-0.25, -0.2) is 4.98 Å². The van der Waals surface area contributed by atoms with Crippen LogP contribution in [0.1, 0.15) is 5.56 Å². The van der Waals surface area contributed by atoms with Crippen molar-refractivity contribution in [1.29, 1.82) is 0 Å². The van der Waals surface area contributed by atoms with E-state index in [4.69, 9.17) is 11.6 Å². The molecule has 20 heavy (non-hydrogen) atoms. The van der Waals surface area contributed by atoms with Gasteiger partial charge in [0.05, 0.1) is 11.0 Å². The van der Waals surface area contributed by atoms with Crippen molar-refractivity contribution in [2.75, 3.05) is 7.05 Å². The van der Waals surface area contributed by atoms with E-state index < -0.39 is 0 Å². The molecule has 0 saturated carbocycles. The van der Waals surface area contributed by atoms with Gasteiger partial charge in [-0.05, 0) is 42.9 Å². The molecule has 102 valence electrons. The maximum absolute atomic E-state index is 6.06. The minimum absolute atomic E-state index is 0.754. The fourth-order valence-corrected chi connectivity index (χ4v) is 3.16. The van der Waals surface area contributed by atoms with Crippen molar-refractivity contribution in [2.45, 2.75) is 16.6 Å². The number of imidazole rings is 1. The van der Waals surface area contributed by atoms with E-state index in [9.17, 15) is 0 Å². The first-order chi connectivity index (χ1) is 9.76. The van der Waals surface area contributed by atoms with Crippen LogP contribution in [-0.2, 0) is 6.54 Å². The number of hydrogen-bond donors (Lipinski definition) is 2. The SMILES string of the molecule is CNCc1cc(Cl)ccc1Sc1nc2ccccc2[nH]1. The largest absolute Gasteiger partial charge is 0.333 e. The van der Waals surface area contributed by atoms with Gasteiger partial charge in [0.15, 0.2) is 5.16 Å². The van der Waals surface area contributed by atoms with Crippen LogP contribution >= 0.6 is 23.4 Å². The zero-order valence-corrected chi connectivity index (χ0v) is 12.6. The number of para-hydroxylation sites is 2. The molecule has 0 fully saturated rings. The summed E-state index contributed by atoms with van der Waals surface area (Å²) in [6.07, 6.45) is 0. The minimum atomic E-state index is 0.754. The van der Waals surface area contributed by atoms with Gasteiger partial charge in [-0.1, -0.05) is 35.5 Å². The van der Waals surface area contributed by atoms with Gasteiger partial charge < -0.3 is 10.3 Å². The molecule has 0 aliphatic heterocycles. The number of halogens is 1. The number of aromatic nitrogens is 2. The molecule has 0 atom stereocenters. The third kappa shape index (κ3) is 2.82. The summed E-state index contributed by atoms with van der Waals surface area (Å²) in [4.78, 5) is 9.07. The molecule has 0 amide bonds. The molecule has 3 aromatic rings. The molecule has 5 heteroatoms. The maximum Gasteiger partial charge on any atom is 0.171 e. The Hall–Kier alpha value is -1.49. The number of rotatable bonds is 4. The Bertz CT molecular complexity index is 706. The number of benzene rings is 2. The Morgan fingerprint density at radius 1 is 1.25 bits per heavy atom. The highest BCUT2D eigenvalue weighted by molar-refractivity contribution is 7.99. The van der Waals surface area contributed by atoms with Crippen LogP contribution in [0, 0.1) is 0 Å². The molecule has 3 nitrogen and oxygen atoms in total. The Labute approximate surface area is 126 Å². The quantitative estimate of drug-likeness (QED) is 0.763. The van der Waals surface area contributed by atoms with Crippen LogP contribution in [0.4, 0.5) is 0 Å². The number of nitrogens with zero attached hydrogens (tertiary/aromatic N) is 1. The van der Waals surface area contributed by atoms with Gasteiger partial charge in [0, 0.05) is 16.5 Å². The molecular formula is C15H14ClN3S. The van der Waals surface area contributed by atoms with Crippen molar-refractivity contribution in [3.8, 4) is 0 Å². The first-order valence-corrected chi connectivity index (χ1v) is 7.51. The van der Waals surface area contributed by atoms with E-state index in [1.165, 1.54) is 5.56 Å². The fourth-order valence-electron chi connectivity index (χ4n) is 2.06. The first-order valence-electron chi connectivity index (χ1n) is 6.32. The van der Waals surface area contributed by atoms with Crippen LogP contribution in [0.25, 0.3) is 11.0 Å². The molecule has 0 bridgehead atoms. The van der Waals surface area contributed by atoms with Gasteiger partial charge in [-0.2, -0.15) is 0 Å². The molecule has 0 saturated heterocycles. The average Bonchev–Trinajstić information content (AvgIpc) is 2.84. The second-order valence-corrected chi connectivity index (χ2v) is 5.91. The monoisotopic (exact) mass is 303 g/mol. The van der Waals surface area contributed by atoms with E-state index >= 15 is 0 Å². The highest BCUT2D eigenvalue weighted by atomic mass is 35.5. The summed E-state index contributed by atoms with van der Waals surface area (Å²) in [5.74, 6) is 0. The zero-order chi connectivity index (χ0) is 13.9. The van der Waals surface area contributed by atoms with Crippen molar-refractivity contribution < 1.29 is 0 Å². The molecule has 3 rings (SSSR count). The van der Waals surface area contributed by atoms with Gasteiger partial charge in [0.25, 0.3) is 0 Å². The summed E-state index contributed by atoms with van der Waals surface area (Å²) in [6, 6.07) is 14.0. The highest BCUT2D eigenvalue weighted by Crippen LogP contribution is 2.31. The molecule has 0 spiro atoms. The molecule has 2 aromatic carbocycles. The van der Waals surface area contributed by atoms with Crippen molar-refractivity contribution in [3.63, 3.8) is 0 Å². The standard InChI is InChI=1S/C15H14ClN3S/c1-17-9-10-8-11(16)6-7-14(10)20-15-18-12-4-2-3-5-13(12)19-15/h2-8,17H,9H2,1H3,(H,18,19). The van der Waals surface area contributed by atoms with Crippen LogP contribution in [0.2, 0.25) is 5.02 Å². The van der Waals surface area contributed by atoms with Crippen LogP contribution in [0.15, 0.2) is 52.5 Å². The van der Waals surface area contributed by atoms with Crippen molar-refractivity contribution in [1.82, 2.24) is 15.3 Å². The third-order valence-corrected chi connectivity index (χ3v) is 4.20. The molecule has 0 unspecified atom stereocenters. The van der Waals surface area contributed by atoms with Crippen LogP contribution < -0.4 is 5.32 Å². The van der Waals surface area contributed by atoms with E-state index in [2.05, 4.69) is 15.3 Å².